The Hall–Kier alpha value is -6.23. The molecule has 1 aliphatic carbocycles. The highest BCUT2D eigenvalue weighted by atomic mass is 32.1. The number of rotatable bonds is 5. The average molecular weight is 684 g/mol. The molecule has 4 heteroatoms. The van der Waals surface area contributed by atoms with Crippen molar-refractivity contribution in [2.45, 2.75) is 20.3 Å². The number of aromatic nitrogens is 3. The predicted molar refractivity (Wildman–Crippen MR) is 218 cm³/mol. The van der Waals surface area contributed by atoms with Crippen LogP contribution in [0.4, 0.5) is 0 Å². The zero-order chi connectivity index (χ0) is 34.8. The fourth-order valence-electron chi connectivity index (χ4n) is 8.30. The summed E-state index contributed by atoms with van der Waals surface area (Å²) in [7, 11) is 0. The van der Waals surface area contributed by atoms with Crippen molar-refractivity contribution in [3.63, 3.8) is 0 Å². The lowest BCUT2D eigenvalue weighted by Gasteiger charge is -2.23. The molecular formula is C48H33N3S. The van der Waals surface area contributed by atoms with Crippen molar-refractivity contribution in [2.24, 2.45) is 0 Å². The Morgan fingerprint density at radius 2 is 1.12 bits per heavy atom. The first-order valence-corrected chi connectivity index (χ1v) is 18.6. The topological polar surface area (TPSA) is 38.7 Å². The molecule has 9 aromatic rings. The first-order valence-electron chi connectivity index (χ1n) is 17.8. The summed E-state index contributed by atoms with van der Waals surface area (Å²) in [5, 5.41) is 16.9. The molecule has 10 rings (SSSR count). The largest absolute Gasteiger partial charge is 0.135 e. The van der Waals surface area contributed by atoms with Crippen molar-refractivity contribution in [2.75, 3.05) is 0 Å². The van der Waals surface area contributed by atoms with Crippen LogP contribution >= 0.6 is 11.3 Å². The molecule has 0 radical (unpaired) electrons. The van der Waals surface area contributed by atoms with E-state index in [9.17, 15) is 0 Å². The van der Waals surface area contributed by atoms with Gasteiger partial charge in [0.15, 0.2) is 0 Å². The zero-order valence-corrected chi connectivity index (χ0v) is 29.7. The van der Waals surface area contributed by atoms with Gasteiger partial charge in [0.2, 0.25) is 0 Å². The number of fused-ring (bicyclic) bond motifs is 6. The van der Waals surface area contributed by atoms with E-state index in [1.807, 2.05) is 17.4 Å². The van der Waals surface area contributed by atoms with E-state index < -0.39 is 0 Å². The molecule has 0 saturated carbocycles. The quantitative estimate of drug-likeness (QED) is 0.181. The molecule has 0 N–H and O–H groups in total. The molecule has 0 aliphatic heterocycles. The lowest BCUT2D eigenvalue weighted by Crippen LogP contribution is -2.04. The van der Waals surface area contributed by atoms with Gasteiger partial charge in [-0.2, -0.15) is 0 Å². The molecule has 0 saturated heterocycles. The second-order valence-corrected chi connectivity index (χ2v) is 14.7. The molecule has 0 unspecified atom stereocenters. The first kappa shape index (κ1) is 30.6. The molecule has 1 aliphatic rings. The van der Waals surface area contributed by atoms with E-state index in [1.54, 1.807) is 0 Å². The number of hydrogen-bond donors (Lipinski definition) is 0. The Labute approximate surface area is 306 Å². The Kier molecular flexibility index (Phi) is 7.19. The Bertz CT molecular complexity index is 2840. The van der Waals surface area contributed by atoms with E-state index in [1.165, 1.54) is 64.7 Å². The van der Waals surface area contributed by atoms with Crippen LogP contribution in [0, 0.1) is 13.8 Å². The summed E-state index contributed by atoms with van der Waals surface area (Å²) in [6, 6.07) is 54.5. The summed E-state index contributed by atoms with van der Waals surface area (Å²) < 4.78 is 2.56. The summed E-state index contributed by atoms with van der Waals surface area (Å²) in [5.74, 6) is 0. The predicted octanol–water partition coefficient (Wildman–Crippen LogP) is 12.8. The summed E-state index contributed by atoms with van der Waals surface area (Å²) in [5.41, 5.74) is 18.5. The third-order valence-corrected chi connectivity index (χ3v) is 11.9. The number of aryl methyl sites for hydroxylation is 1. The normalized spacial score (nSPS) is 12.0. The van der Waals surface area contributed by atoms with E-state index >= 15 is 0 Å². The highest BCUT2D eigenvalue weighted by molar-refractivity contribution is 7.25. The molecule has 2 heterocycles. The summed E-state index contributed by atoms with van der Waals surface area (Å²) in [6.45, 7) is 4.53. The van der Waals surface area contributed by atoms with Crippen LogP contribution in [0.3, 0.4) is 0 Å². The summed E-state index contributed by atoms with van der Waals surface area (Å²) >= 11 is 1.85. The van der Waals surface area contributed by atoms with Gasteiger partial charge in [-0.25, -0.2) is 0 Å². The van der Waals surface area contributed by atoms with Crippen LogP contribution in [0.1, 0.15) is 22.3 Å². The van der Waals surface area contributed by atoms with Gasteiger partial charge in [0.25, 0.3) is 0 Å². The number of benzene rings is 7. The van der Waals surface area contributed by atoms with Crippen LogP contribution in [-0.4, -0.2) is 15.4 Å². The van der Waals surface area contributed by atoms with Crippen molar-refractivity contribution in [3.05, 3.63) is 174 Å². The summed E-state index contributed by atoms with van der Waals surface area (Å²) in [6.07, 6.45) is 0.888. The minimum atomic E-state index is 0.815. The Morgan fingerprint density at radius 1 is 0.481 bits per heavy atom. The molecule has 246 valence electrons. The van der Waals surface area contributed by atoms with Gasteiger partial charge in [-0.15, -0.1) is 21.5 Å². The molecule has 0 bridgehead atoms. The van der Waals surface area contributed by atoms with Crippen LogP contribution in [0.2, 0.25) is 0 Å². The highest BCUT2D eigenvalue weighted by Gasteiger charge is 2.29. The molecule has 0 fully saturated rings. The number of nitrogens with zero attached hydrogens (tertiary/aromatic N) is 3. The molecule has 7 aromatic carbocycles. The standard InChI is InChI=1S/C48H33N3S/c1-29-27-39-34-20-10-9-19-33(34)28-40(39)43(30(29)2)38-24-13-22-36(35-23-14-26-42-45(35)37-21-11-12-25-41(37)52-42)46(38)48-44(31-15-5-3-6-16-31)47(49-51-50-48)32-17-7-4-8-18-32/h3-27H,28H2,1-2H3. The van der Waals surface area contributed by atoms with Crippen LogP contribution in [-0.2, 0) is 6.42 Å². The Morgan fingerprint density at radius 3 is 1.96 bits per heavy atom. The van der Waals surface area contributed by atoms with Gasteiger partial charge in [0.05, 0.1) is 0 Å². The molecule has 0 spiro atoms. The smallest absolute Gasteiger partial charge is 0.106 e. The SMILES string of the molecule is Cc1cc2c(c(-c3cccc(-c4cccc5sc6ccccc6c45)c3-c3nnnc(-c4ccccc4)c3-c3ccccc3)c1C)Cc1ccccc1-2. The first-order chi connectivity index (χ1) is 25.7. The number of hydrogen-bond acceptors (Lipinski definition) is 4. The van der Waals surface area contributed by atoms with Crippen LogP contribution in [0.5, 0.6) is 0 Å². The van der Waals surface area contributed by atoms with Crippen LogP contribution in [0.25, 0.3) is 87.2 Å². The van der Waals surface area contributed by atoms with Gasteiger partial charge in [0.1, 0.15) is 11.4 Å². The van der Waals surface area contributed by atoms with Crippen LogP contribution in [0.15, 0.2) is 152 Å². The molecule has 0 amide bonds. The lowest BCUT2D eigenvalue weighted by molar-refractivity contribution is 0.879. The molecule has 2 aromatic heterocycles. The van der Waals surface area contributed by atoms with Crippen molar-refractivity contribution >= 4 is 31.5 Å². The van der Waals surface area contributed by atoms with Gasteiger partial charge < -0.3 is 0 Å². The van der Waals surface area contributed by atoms with Crippen molar-refractivity contribution in [1.29, 1.82) is 0 Å². The van der Waals surface area contributed by atoms with Gasteiger partial charge >= 0.3 is 0 Å². The average Bonchev–Trinajstić information content (AvgIpc) is 3.77. The van der Waals surface area contributed by atoms with Gasteiger partial charge in [-0.3, -0.25) is 0 Å². The van der Waals surface area contributed by atoms with Crippen molar-refractivity contribution in [3.8, 4) is 67.0 Å². The maximum Gasteiger partial charge on any atom is 0.106 e. The van der Waals surface area contributed by atoms with Gasteiger partial charge in [-0.05, 0) is 98.8 Å². The summed E-state index contributed by atoms with van der Waals surface area (Å²) in [4.78, 5) is 0. The number of thiophene rings is 1. The zero-order valence-electron chi connectivity index (χ0n) is 28.9. The second kappa shape index (κ2) is 12.2. The monoisotopic (exact) mass is 683 g/mol. The maximum absolute atomic E-state index is 5.04. The molecule has 52 heavy (non-hydrogen) atoms. The third-order valence-electron chi connectivity index (χ3n) is 10.8. The molecule has 0 atom stereocenters. The third kappa shape index (κ3) is 4.75. The van der Waals surface area contributed by atoms with Crippen molar-refractivity contribution in [1.82, 2.24) is 15.4 Å². The van der Waals surface area contributed by atoms with E-state index in [0.717, 1.165) is 51.2 Å². The molecular weight excluding hydrogens is 651 g/mol. The highest BCUT2D eigenvalue weighted by Crippen LogP contribution is 2.51. The molecule has 3 nitrogen and oxygen atoms in total. The fraction of sp³-hybridized carbons (Fsp3) is 0.0625. The second-order valence-electron chi connectivity index (χ2n) is 13.7. The van der Waals surface area contributed by atoms with Crippen LogP contribution < -0.4 is 0 Å². The van der Waals surface area contributed by atoms with E-state index in [2.05, 4.69) is 165 Å². The van der Waals surface area contributed by atoms with Gasteiger partial charge in [-0.1, -0.05) is 140 Å². The minimum Gasteiger partial charge on any atom is -0.135 e. The minimum absolute atomic E-state index is 0.815. The fourth-order valence-corrected chi connectivity index (χ4v) is 9.43. The van der Waals surface area contributed by atoms with Crippen molar-refractivity contribution < 1.29 is 0 Å². The maximum atomic E-state index is 5.04. The van der Waals surface area contributed by atoms with E-state index in [4.69, 9.17) is 10.2 Å². The lowest BCUT2D eigenvalue weighted by atomic mass is 9.81. The Balaban J connectivity index is 1.37. The van der Waals surface area contributed by atoms with Gasteiger partial charge in [0, 0.05) is 36.9 Å². The van der Waals surface area contributed by atoms with E-state index in [0.29, 0.717) is 0 Å². The van der Waals surface area contributed by atoms with E-state index in [-0.39, 0.29) is 0 Å².